The Kier molecular flexibility index (Phi) is 4.66. The summed E-state index contributed by atoms with van der Waals surface area (Å²) in [5.74, 6) is 2.24. The largest absolute Gasteiger partial charge is 0.311 e. The van der Waals surface area contributed by atoms with Crippen LogP contribution in [0.15, 0.2) is 29.2 Å². The average Bonchev–Trinajstić information content (AvgIpc) is 2.90. The molecule has 3 heteroatoms. The maximum absolute atomic E-state index is 12.6. The van der Waals surface area contributed by atoms with E-state index in [2.05, 4.69) is 18.2 Å². The van der Waals surface area contributed by atoms with Gasteiger partial charge in [-0.15, -0.1) is 11.8 Å². The van der Waals surface area contributed by atoms with E-state index >= 15 is 0 Å². The Balaban J connectivity index is 1.67. The highest BCUT2D eigenvalue weighted by atomic mass is 32.2. The van der Waals surface area contributed by atoms with Crippen molar-refractivity contribution in [3.05, 3.63) is 24.3 Å². The molecule has 1 heterocycles. The van der Waals surface area contributed by atoms with E-state index in [0.717, 1.165) is 43.2 Å². The lowest BCUT2D eigenvalue weighted by molar-refractivity contribution is -0.118. The van der Waals surface area contributed by atoms with Crippen LogP contribution >= 0.6 is 11.8 Å². The van der Waals surface area contributed by atoms with E-state index in [1.165, 1.54) is 30.6 Å². The van der Waals surface area contributed by atoms with Crippen LogP contribution in [0.25, 0.3) is 0 Å². The van der Waals surface area contributed by atoms with E-state index in [0.29, 0.717) is 5.91 Å². The van der Waals surface area contributed by atoms with Gasteiger partial charge in [0.25, 0.3) is 0 Å². The number of benzene rings is 1. The molecule has 0 radical (unpaired) electrons. The predicted octanol–water partition coefficient (Wildman–Crippen LogP) is 4.49. The zero-order valence-corrected chi connectivity index (χ0v) is 12.8. The van der Waals surface area contributed by atoms with Gasteiger partial charge in [-0.05, 0) is 36.6 Å². The maximum atomic E-state index is 12.6. The Hall–Kier alpha value is -0.960. The highest BCUT2D eigenvalue weighted by Gasteiger charge is 2.23. The van der Waals surface area contributed by atoms with E-state index < -0.39 is 0 Å². The molecule has 0 unspecified atom stereocenters. The first-order valence-electron chi connectivity index (χ1n) is 7.87. The van der Waals surface area contributed by atoms with Crippen LogP contribution in [0.1, 0.15) is 44.9 Å². The van der Waals surface area contributed by atoms with Crippen LogP contribution in [0.3, 0.4) is 0 Å². The van der Waals surface area contributed by atoms with Crippen LogP contribution < -0.4 is 4.90 Å². The van der Waals surface area contributed by atoms with Crippen molar-refractivity contribution in [2.24, 2.45) is 5.92 Å². The Bertz CT molecular complexity index is 468. The van der Waals surface area contributed by atoms with Crippen LogP contribution in [-0.2, 0) is 4.79 Å². The van der Waals surface area contributed by atoms with Gasteiger partial charge in [0.15, 0.2) is 0 Å². The minimum Gasteiger partial charge on any atom is -0.311 e. The smallest absolute Gasteiger partial charge is 0.227 e. The van der Waals surface area contributed by atoms with E-state index in [4.69, 9.17) is 0 Å². The third kappa shape index (κ3) is 3.20. The summed E-state index contributed by atoms with van der Waals surface area (Å²) >= 11 is 1.88. The fourth-order valence-corrected chi connectivity index (χ4v) is 4.34. The first kappa shape index (κ1) is 14.0. The average molecular weight is 289 g/mol. The summed E-state index contributed by atoms with van der Waals surface area (Å²) in [6.45, 7) is 0.882. The summed E-state index contributed by atoms with van der Waals surface area (Å²) in [5, 5.41) is 0. The van der Waals surface area contributed by atoms with E-state index in [1.54, 1.807) is 0 Å². The number of hydrogen-bond donors (Lipinski definition) is 0. The molecule has 1 fully saturated rings. The quantitative estimate of drug-likeness (QED) is 0.817. The second-order valence-corrected chi connectivity index (χ2v) is 7.04. The Morgan fingerprint density at radius 1 is 1.20 bits per heavy atom. The first-order chi connectivity index (χ1) is 9.84. The number of rotatable bonds is 3. The zero-order valence-electron chi connectivity index (χ0n) is 12.0. The molecule has 0 atom stereocenters. The normalized spacial score (nSPS) is 19.7. The first-order valence-corrected chi connectivity index (χ1v) is 8.85. The molecule has 3 rings (SSSR count). The fraction of sp³-hybridized carbons (Fsp3) is 0.588. The minimum absolute atomic E-state index is 0.326. The standard InChI is InChI=1S/C17H23NOS/c19-17(11-10-14-6-1-2-7-14)18-12-5-13-20-16-9-4-3-8-15(16)18/h3-4,8-9,14H,1-2,5-7,10-13H2. The molecule has 0 spiro atoms. The number of anilines is 1. The molecule has 0 bridgehead atoms. The van der Waals surface area contributed by atoms with Gasteiger partial charge in [-0.1, -0.05) is 37.8 Å². The zero-order chi connectivity index (χ0) is 13.8. The number of thioether (sulfide) groups is 1. The number of nitrogens with zero attached hydrogens (tertiary/aromatic N) is 1. The van der Waals surface area contributed by atoms with Crippen molar-refractivity contribution in [1.29, 1.82) is 0 Å². The molecule has 1 aromatic carbocycles. The second kappa shape index (κ2) is 6.66. The third-order valence-corrected chi connectivity index (χ3v) is 5.63. The van der Waals surface area contributed by atoms with Gasteiger partial charge in [-0.25, -0.2) is 0 Å². The fourth-order valence-electron chi connectivity index (χ4n) is 3.35. The molecule has 0 aromatic heterocycles. The predicted molar refractivity (Wildman–Crippen MR) is 85.3 cm³/mol. The van der Waals surface area contributed by atoms with Crippen LogP contribution in [0.2, 0.25) is 0 Å². The third-order valence-electron chi connectivity index (χ3n) is 4.48. The van der Waals surface area contributed by atoms with Gasteiger partial charge in [0.2, 0.25) is 5.91 Å². The monoisotopic (exact) mass is 289 g/mol. The Labute approximate surface area is 125 Å². The lowest BCUT2D eigenvalue weighted by Crippen LogP contribution is -2.31. The second-order valence-electron chi connectivity index (χ2n) is 5.90. The summed E-state index contributed by atoms with van der Waals surface area (Å²) in [7, 11) is 0. The van der Waals surface area contributed by atoms with Crippen molar-refractivity contribution in [2.45, 2.75) is 49.8 Å². The molecule has 1 saturated carbocycles. The lowest BCUT2D eigenvalue weighted by atomic mass is 10.0. The molecular weight excluding hydrogens is 266 g/mol. The maximum Gasteiger partial charge on any atom is 0.227 e. The molecule has 1 aromatic rings. The van der Waals surface area contributed by atoms with Crippen LogP contribution in [0.4, 0.5) is 5.69 Å². The lowest BCUT2D eigenvalue weighted by Gasteiger charge is -2.23. The number of carbonyl (C=O) groups excluding carboxylic acids is 1. The molecule has 0 N–H and O–H groups in total. The SMILES string of the molecule is O=C(CCC1CCCC1)N1CCCSc2ccccc21. The van der Waals surface area contributed by atoms with Gasteiger partial charge in [-0.3, -0.25) is 4.79 Å². The highest BCUT2D eigenvalue weighted by molar-refractivity contribution is 7.99. The van der Waals surface area contributed by atoms with Crippen LogP contribution in [0.5, 0.6) is 0 Å². The van der Waals surface area contributed by atoms with Gasteiger partial charge >= 0.3 is 0 Å². The molecule has 2 nitrogen and oxygen atoms in total. The molecule has 0 saturated heterocycles. The van der Waals surface area contributed by atoms with Crippen LogP contribution in [0, 0.1) is 5.92 Å². The van der Waals surface area contributed by atoms with Crippen molar-refractivity contribution in [3.63, 3.8) is 0 Å². The van der Waals surface area contributed by atoms with E-state index in [-0.39, 0.29) is 0 Å². The Morgan fingerprint density at radius 2 is 2.00 bits per heavy atom. The summed E-state index contributed by atoms with van der Waals surface area (Å²) in [5.41, 5.74) is 1.13. The molecule has 20 heavy (non-hydrogen) atoms. The topological polar surface area (TPSA) is 20.3 Å². The van der Waals surface area contributed by atoms with Crippen molar-refractivity contribution in [2.75, 3.05) is 17.2 Å². The number of para-hydroxylation sites is 1. The number of amides is 1. The van der Waals surface area contributed by atoms with Crippen molar-refractivity contribution in [3.8, 4) is 0 Å². The van der Waals surface area contributed by atoms with Crippen LogP contribution in [-0.4, -0.2) is 18.2 Å². The molecular formula is C17H23NOS. The molecule has 108 valence electrons. The summed E-state index contributed by atoms with van der Waals surface area (Å²) < 4.78 is 0. The van der Waals surface area contributed by atoms with E-state index in [9.17, 15) is 4.79 Å². The van der Waals surface area contributed by atoms with E-state index in [1.807, 2.05) is 22.7 Å². The highest BCUT2D eigenvalue weighted by Crippen LogP contribution is 2.34. The van der Waals surface area contributed by atoms with Crippen molar-refractivity contribution >= 4 is 23.4 Å². The molecule has 2 aliphatic rings. The van der Waals surface area contributed by atoms with Crippen molar-refractivity contribution in [1.82, 2.24) is 0 Å². The molecule has 1 aliphatic carbocycles. The van der Waals surface area contributed by atoms with Gasteiger partial charge in [0.05, 0.1) is 5.69 Å². The Morgan fingerprint density at radius 3 is 2.85 bits per heavy atom. The molecule has 1 amide bonds. The summed E-state index contributed by atoms with van der Waals surface area (Å²) in [4.78, 5) is 15.9. The summed E-state index contributed by atoms with van der Waals surface area (Å²) in [6, 6.07) is 8.35. The van der Waals surface area contributed by atoms with Gasteiger partial charge < -0.3 is 4.90 Å². The van der Waals surface area contributed by atoms with Gasteiger partial charge in [0, 0.05) is 17.9 Å². The van der Waals surface area contributed by atoms with Gasteiger partial charge in [0.1, 0.15) is 0 Å². The minimum atomic E-state index is 0.326. The summed E-state index contributed by atoms with van der Waals surface area (Å²) in [6.07, 6.45) is 8.30. The van der Waals surface area contributed by atoms with Gasteiger partial charge in [-0.2, -0.15) is 0 Å². The number of fused-ring (bicyclic) bond motifs is 1. The molecule has 1 aliphatic heterocycles. The van der Waals surface area contributed by atoms with Crippen molar-refractivity contribution < 1.29 is 4.79 Å². The number of hydrogen-bond acceptors (Lipinski definition) is 2. The number of carbonyl (C=O) groups is 1.